The summed E-state index contributed by atoms with van der Waals surface area (Å²) in [7, 11) is 1.53. The molecule has 1 saturated carbocycles. The van der Waals surface area contributed by atoms with Gasteiger partial charge in [0.1, 0.15) is 5.75 Å². The molecule has 0 amide bonds. The summed E-state index contributed by atoms with van der Waals surface area (Å²) < 4.78 is 5.15. The average molecular weight is 272 g/mol. The molecule has 0 atom stereocenters. The van der Waals surface area contributed by atoms with Crippen LogP contribution >= 0.6 is 23.2 Å². The molecule has 17 heavy (non-hydrogen) atoms. The lowest BCUT2D eigenvalue weighted by atomic mass is 9.72. The third-order valence-corrected chi connectivity index (χ3v) is 3.77. The fraction of sp³-hybridized carbons (Fsp3) is 0.417. The monoisotopic (exact) mass is 271 g/mol. The van der Waals surface area contributed by atoms with Gasteiger partial charge in [0.25, 0.3) is 0 Å². The Morgan fingerprint density at radius 3 is 2.59 bits per heavy atom. The van der Waals surface area contributed by atoms with Crippen LogP contribution in [0.4, 0.5) is 0 Å². The summed E-state index contributed by atoms with van der Waals surface area (Å²) in [6.07, 6.45) is 4.20. The van der Waals surface area contributed by atoms with Gasteiger partial charge in [0, 0.05) is 16.7 Å². The molecule has 1 aromatic carbocycles. The fourth-order valence-electron chi connectivity index (χ4n) is 2.09. The number of isocyanates is 1. The van der Waals surface area contributed by atoms with Gasteiger partial charge in [-0.2, -0.15) is 4.99 Å². The van der Waals surface area contributed by atoms with Crippen LogP contribution in [0.15, 0.2) is 17.1 Å². The van der Waals surface area contributed by atoms with Crippen molar-refractivity contribution < 1.29 is 9.53 Å². The lowest BCUT2D eigenvalue weighted by Gasteiger charge is -2.37. The molecular weight excluding hydrogens is 261 g/mol. The summed E-state index contributed by atoms with van der Waals surface area (Å²) in [5, 5.41) is 0.990. The Hall–Kier alpha value is -1.02. The minimum absolute atomic E-state index is 0.468. The molecule has 0 N–H and O–H groups in total. The first-order valence-corrected chi connectivity index (χ1v) is 6.01. The molecule has 0 heterocycles. The van der Waals surface area contributed by atoms with Gasteiger partial charge in [-0.3, -0.25) is 0 Å². The molecule has 0 aromatic heterocycles. The van der Waals surface area contributed by atoms with Crippen LogP contribution in [0.3, 0.4) is 0 Å². The summed E-state index contributed by atoms with van der Waals surface area (Å²) in [6, 6.07) is 3.39. The fourth-order valence-corrected chi connectivity index (χ4v) is 2.66. The second-order valence-corrected chi connectivity index (χ2v) is 4.87. The maximum atomic E-state index is 10.5. The number of ether oxygens (including phenoxy) is 1. The van der Waals surface area contributed by atoms with E-state index in [1.54, 1.807) is 18.2 Å². The number of hydrogen-bond acceptors (Lipinski definition) is 3. The first-order chi connectivity index (χ1) is 8.13. The molecule has 0 unspecified atom stereocenters. The number of halogens is 2. The summed E-state index contributed by atoms with van der Waals surface area (Å²) in [4.78, 5) is 14.4. The van der Waals surface area contributed by atoms with Gasteiger partial charge in [-0.25, -0.2) is 4.79 Å². The molecule has 0 aliphatic heterocycles. The number of carbonyl (C=O) groups excluding carboxylic acids is 1. The molecule has 1 aliphatic carbocycles. The number of rotatable bonds is 3. The van der Waals surface area contributed by atoms with E-state index in [-0.39, 0.29) is 0 Å². The van der Waals surface area contributed by atoms with Crippen molar-refractivity contribution in [3.05, 3.63) is 27.7 Å². The summed E-state index contributed by atoms with van der Waals surface area (Å²) in [6.45, 7) is 0. The highest BCUT2D eigenvalue weighted by atomic mass is 35.5. The largest absolute Gasteiger partial charge is 0.495 e. The highest BCUT2D eigenvalue weighted by molar-refractivity contribution is 6.35. The van der Waals surface area contributed by atoms with Crippen LogP contribution in [0.2, 0.25) is 10.0 Å². The van der Waals surface area contributed by atoms with Crippen LogP contribution in [0.25, 0.3) is 0 Å². The zero-order valence-electron chi connectivity index (χ0n) is 9.30. The normalized spacial score (nSPS) is 16.9. The van der Waals surface area contributed by atoms with E-state index in [0.29, 0.717) is 15.8 Å². The van der Waals surface area contributed by atoms with Crippen molar-refractivity contribution in [1.82, 2.24) is 0 Å². The molecule has 5 heteroatoms. The quantitative estimate of drug-likeness (QED) is 0.621. The van der Waals surface area contributed by atoms with Crippen LogP contribution in [-0.4, -0.2) is 13.2 Å². The standard InChI is InChI=1S/C12H11Cl2NO2/c1-17-10-6-8(13)5-9(11(10)14)12(15-7-16)3-2-4-12/h5-6H,2-4H2,1H3. The highest BCUT2D eigenvalue weighted by Crippen LogP contribution is 2.49. The summed E-state index contributed by atoms with van der Waals surface area (Å²) in [5.74, 6) is 0.501. The van der Waals surface area contributed by atoms with Crippen molar-refractivity contribution in [1.29, 1.82) is 0 Å². The van der Waals surface area contributed by atoms with Gasteiger partial charge >= 0.3 is 0 Å². The predicted molar refractivity (Wildman–Crippen MR) is 66.7 cm³/mol. The first kappa shape index (κ1) is 12.4. The maximum absolute atomic E-state index is 10.5. The number of methoxy groups -OCH3 is 1. The number of benzene rings is 1. The lowest BCUT2D eigenvalue weighted by molar-refractivity contribution is 0.255. The number of nitrogens with zero attached hydrogens (tertiary/aromatic N) is 1. The van der Waals surface area contributed by atoms with Crippen molar-refractivity contribution >= 4 is 29.3 Å². The zero-order valence-corrected chi connectivity index (χ0v) is 10.8. The summed E-state index contributed by atoms with van der Waals surface area (Å²) in [5.41, 5.74) is 0.190. The summed E-state index contributed by atoms with van der Waals surface area (Å²) >= 11 is 12.2. The van der Waals surface area contributed by atoms with Crippen LogP contribution in [0.1, 0.15) is 24.8 Å². The molecule has 90 valence electrons. The van der Waals surface area contributed by atoms with Crippen LogP contribution < -0.4 is 4.74 Å². The van der Waals surface area contributed by atoms with E-state index in [1.807, 2.05) is 0 Å². The van der Waals surface area contributed by atoms with Gasteiger partial charge in [0.2, 0.25) is 6.08 Å². The highest BCUT2D eigenvalue weighted by Gasteiger charge is 2.41. The van der Waals surface area contributed by atoms with E-state index in [2.05, 4.69) is 4.99 Å². The minimum Gasteiger partial charge on any atom is -0.495 e. The van der Waals surface area contributed by atoms with E-state index in [4.69, 9.17) is 27.9 Å². The van der Waals surface area contributed by atoms with Crippen LogP contribution in [0, 0.1) is 0 Å². The van der Waals surface area contributed by atoms with E-state index in [0.717, 1.165) is 24.8 Å². The third-order valence-electron chi connectivity index (χ3n) is 3.17. The van der Waals surface area contributed by atoms with Gasteiger partial charge in [0.15, 0.2) is 0 Å². The van der Waals surface area contributed by atoms with E-state index >= 15 is 0 Å². The van der Waals surface area contributed by atoms with Gasteiger partial charge in [-0.15, -0.1) is 0 Å². The molecule has 1 aromatic rings. The molecule has 0 bridgehead atoms. The Bertz CT molecular complexity index is 492. The molecule has 0 radical (unpaired) electrons. The van der Waals surface area contributed by atoms with Gasteiger partial charge in [-0.05, 0) is 25.3 Å². The Morgan fingerprint density at radius 2 is 2.12 bits per heavy atom. The zero-order chi connectivity index (χ0) is 12.5. The molecule has 0 saturated heterocycles. The van der Waals surface area contributed by atoms with Crippen molar-refractivity contribution in [2.75, 3.05) is 7.11 Å². The minimum atomic E-state index is -0.559. The smallest absolute Gasteiger partial charge is 0.235 e. The molecule has 1 aliphatic rings. The van der Waals surface area contributed by atoms with E-state index < -0.39 is 5.54 Å². The Kier molecular flexibility index (Phi) is 3.43. The number of hydrogen-bond donors (Lipinski definition) is 0. The predicted octanol–water partition coefficient (Wildman–Crippen LogP) is 3.72. The van der Waals surface area contributed by atoms with Gasteiger partial charge < -0.3 is 4.74 Å². The van der Waals surface area contributed by atoms with Gasteiger partial charge in [-0.1, -0.05) is 23.2 Å². The van der Waals surface area contributed by atoms with Crippen LogP contribution in [-0.2, 0) is 10.3 Å². The SMILES string of the molecule is COc1cc(Cl)cc(C2(N=C=O)CCC2)c1Cl. The number of aliphatic imine (C=N–C) groups is 1. The van der Waals surface area contributed by atoms with Crippen LogP contribution in [0.5, 0.6) is 5.75 Å². The van der Waals surface area contributed by atoms with E-state index in [1.165, 1.54) is 7.11 Å². The van der Waals surface area contributed by atoms with Crippen molar-refractivity contribution in [2.45, 2.75) is 24.8 Å². The molecule has 3 nitrogen and oxygen atoms in total. The maximum Gasteiger partial charge on any atom is 0.235 e. The lowest BCUT2D eigenvalue weighted by Crippen LogP contribution is -2.32. The molecule has 0 spiro atoms. The molecule has 1 fully saturated rings. The first-order valence-electron chi connectivity index (χ1n) is 5.25. The average Bonchev–Trinajstić information content (AvgIpc) is 2.26. The van der Waals surface area contributed by atoms with Gasteiger partial charge in [0.05, 0.1) is 17.7 Å². The Morgan fingerprint density at radius 1 is 1.41 bits per heavy atom. The third kappa shape index (κ3) is 2.06. The topological polar surface area (TPSA) is 38.7 Å². The second-order valence-electron chi connectivity index (χ2n) is 4.06. The van der Waals surface area contributed by atoms with E-state index in [9.17, 15) is 4.79 Å². The molecular formula is C12H11Cl2NO2. The van der Waals surface area contributed by atoms with Crippen molar-refractivity contribution in [2.24, 2.45) is 4.99 Å². The Labute approximate surface area is 109 Å². The van der Waals surface area contributed by atoms with Crippen molar-refractivity contribution in [3.8, 4) is 5.75 Å². The molecule has 2 rings (SSSR count). The Balaban J connectivity index is 2.58. The van der Waals surface area contributed by atoms with Crippen molar-refractivity contribution in [3.63, 3.8) is 0 Å². The second kappa shape index (κ2) is 4.69.